The van der Waals surface area contributed by atoms with E-state index in [-0.39, 0.29) is 30.0 Å². The van der Waals surface area contributed by atoms with E-state index in [9.17, 15) is 9.18 Å². The smallest absolute Gasteiger partial charge is 0.287 e. The van der Waals surface area contributed by atoms with Crippen molar-refractivity contribution in [2.45, 2.75) is 19.4 Å². The Labute approximate surface area is 151 Å². The Morgan fingerprint density at radius 2 is 1.81 bits per heavy atom. The topological polar surface area (TPSA) is 51.5 Å². The number of carbonyl (C=O) groups excluding carboxylic acids is 1. The second-order valence-corrected chi connectivity index (χ2v) is 6.03. The summed E-state index contributed by atoms with van der Waals surface area (Å²) in [6.07, 6.45) is 0. The summed E-state index contributed by atoms with van der Waals surface area (Å²) in [4.78, 5) is 12.2. The largest absolute Gasteiger partial charge is 0.486 e. The maximum absolute atomic E-state index is 12.9. The van der Waals surface area contributed by atoms with Crippen LogP contribution in [0.5, 0.6) is 5.75 Å². The summed E-state index contributed by atoms with van der Waals surface area (Å²) in [7, 11) is 0. The van der Waals surface area contributed by atoms with Gasteiger partial charge in [0.2, 0.25) is 0 Å². The van der Waals surface area contributed by atoms with Gasteiger partial charge >= 0.3 is 0 Å². The van der Waals surface area contributed by atoms with Crippen molar-refractivity contribution in [3.8, 4) is 5.75 Å². The minimum absolute atomic E-state index is 0.166. The highest BCUT2D eigenvalue weighted by atomic mass is 19.1. The number of benzene rings is 2. The summed E-state index contributed by atoms with van der Waals surface area (Å²) in [6, 6.07) is 19.0. The fourth-order valence-electron chi connectivity index (χ4n) is 2.50. The van der Waals surface area contributed by atoms with Crippen LogP contribution in [0.1, 0.15) is 34.7 Å². The zero-order chi connectivity index (χ0) is 18.4. The number of hydrogen-bond acceptors (Lipinski definition) is 3. The van der Waals surface area contributed by atoms with E-state index >= 15 is 0 Å². The number of hydrogen-bond donors (Lipinski definition) is 1. The van der Waals surface area contributed by atoms with Gasteiger partial charge in [-0.3, -0.25) is 4.79 Å². The van der Waals surface area contributed by atoms with Crippen LogP contribution in [-0.4, -0.2) is 12.5 Å². The van der Waals surface area contributed by atoms with Gasteiger partial charge in [0.25, 0.3) is 5.91 Å². The average Bonchev–Trinajstić information content (AvgIpc) is 3.15. The van der Waals surface area contributed by atoms with Crippen LogP contribution in [0.2, 0.25) is 0 Å². The van der Waals surface area contributed by atoms with Crippen molar-refractivity contribution >= 4 is 5.91 Å². The van der Waals surface area contributed by atoms with Gasteiger partial charge in [-0.05, 0) is 47.9 Å². The molecule has 1 amide bonds. The number of rotatable bonds is 7. The first-order valence-electron chi connectivity index (χ1n) is 8.42. The number of amides is 1. The molecule has 0 aliphatic rings. The predicted molar refractivity (Wildman–Crippen MR) is 96.6 cm³/mol. The molecule has 3 rings (SSSR count). The standard InChI is InChI=1S/C21H20FNO3/c1-15(16-5-3-2-4-6-16)13-23-21(24)20-12-11-19(26-20)14-25-18-9-7-17(22)8-10-18/h2-12,15H,13-14H2,1H3,(H,23,24). The van der Waals surface area contributed by atoms with Crippen molar-refractivity contribution in [1.82, 2.24) is 5.32 Å². The van der Waals surface area contributed by atoms with E-state index in [1.165, 1.54) is 29.8 Å². The molecule has 0 spiro atoms. The number of carbonyl (C=O) groups is 1. The second kappa shape index (κ2) is 8.34. The van der Waals surface area contributed by atoms with Gasteiger partial charge in [0.1, 0.15) is 23.9 Å². The average molecular weight is 353 g/mol. The minimum Gasteiger partial charge on any atom is -0.486 e. The zero-order valence-electron chi connectivity index (χ0n) is 14.4. The predicted octanol–water partition coefficient (Wildman–Crippen LogP) is 4.53. The Balaban J connectivity index is 1.50. The molecular weight excluding hydrogens is 333 g/mol. The number of nitrogens with one attached hydrogen (secondary N) is 1. The van der Waals surface area contributed by atoms with Crippen LogP contribution in [0.4, 0.5) is 4.39 Å². The molecule has 1 atom stereocenters. The number of halogens is 1. The van der Waals surface area contributed by atoms with Crippen molar-refractivity contribution in [1.29, 1.82) is 0 Å². The van der Waals surface area contributed by atoms with Crippen LogP contribution in [0.25, 0.3) is 0 Å². The first-order chi connectivity index (χ1) is 12.6. The normalized spacial score (nSPS) is 11.8. The molecule has 134 valence electrons. The summed E-state index contributed by atoms with van der Waals surface area (Å²) in [6.45, 7) is 2.74. The van der Waals surface area contributed by atoms with Crippen LogP contribution in [0.15, 0.2) is 71.1 Å². The molecule has 3 aromatic rings. The van der Waals surface area contributed by atoms with Gasteiger partial charge in [0, 0.05) is 6.54 Å². The Kier molecular flexibility index (Phi) is 5.69. The molecule has 4 nitrogen and oxygen atoms in total. The van der Waals surface area contributed by atoms with Crippen molar-refractivity contribution < 1.29 is 18.3 Å². The molecular formula is C21H20FNO3. The Bertz CT molecular complexity index is 843. The second-order valence-electron chi connectivity index (χ2n) is 6.03. The van der Waals surface area contributed by atoms with Gasteiger partial charge in [-0.15, -0.1) is 0 Å². The highest BCUT2D eigenvalue weighted by Gasteiger charge is 2.13. The Morgan fingerprint density at radius 3 is 2.54 bits per heavy atom. The minimum atomic E-state index is -0.320. The lowest BCUT2D eigenvalue weighted by Crippen LogP contribution is -2.27. The molecule has 0 saturated carbocycles. The lowest BCUT2D eigenvalue weighted by Gasteiger charge is -2.12. The van der Waals surface area contributed by atoms with E-state index in [0.29, 0.717) is 18.1 Å². The summed E-state index contributed by atoms with van der Waals surface area (Å²) >= 11 is 0. The molecule has 1 heterocycles. The molecule has 1 unspecified atom stereocenters. The Morgan fingerprint density at radius 1 is 1.08 bits per heavy atom. The van der Waals surface area contributed by atoms with Crippen molar-refractivity contribution in [3.05, 3.63) is 89.6 Å². The molecule has 0 bridgehead atoms. The lowest BCUT2D eigenvalue weighted by atomic mass is 10.0. The zero-order valence-corrected chi connectivity index (χ0v) is 14.4. The third-order valence-electron chi connectivity index (χ3n) is 4.02. The molecule has 0 aliphatic carbocycles. The highest BCUT2D eigenvalue weighted by molar-refractivity contribution is 5.91. The monoisotopic (exact) mass is 353 g/mol. The number of ether oxygens (including phenoxy) is 1. The van der Waals surface area contributed by atoms with E-state index in [0.717, 1.165) is 0 Å². The molecule has 1 aromatic heterocycles. The van der Waals surface area contributed by atoms with E-state index in [2.05, 4.69) is 12.2 Å². The third-order valence-corrected chi connectivity index (χ3v) is 4.02. The van der Waals surface area contributed by atoms with E-state index < -0.39 is 0 Å². The van der Waals surface area contributed by atoms with Crippen molar-refractivity contribution in [3.63, 3.8) is 0 Å². The summed E-state index contributed by atoms with van der Waals surface area (Å²) < 4.78 is 23.9. The molecule has 0 aliphatic heterocycles. The SMILES string of the molecule is CC(CNC(=O)c1ccc(COc2ccc(F)cc2)o1)c1ccccc1. The molecule has 26 heavy (non-hydrogen) atoms. The van der Waals surface area contributed by atoms with Crippen LogP contribution >= 0.6 is 0 Å². The molecule has 1 N–H and O–H groups in total. The molecule has 0 saturated heterocycles. The van der Waals surface area contributed by atoms with Crippen LogP contribution in [0.3, 0.4) is 0 Å². The van der Waals surface area contributed by atoms with Crippen molar-refractivity contribution in [2.24, 2.45) is 0 Å². The lowest BCUT2D eigenvalue weighted by molar-refractivity contribution is 0.0920. The summed E-state index contributed by atoms with van der Waals surface area (Å²) in [5.74, 6) is 0.917. The third kappa shape index (κ3) is 4.72. The Hall–Kier alpha value is -3.08. The van der Waals surface area contributed by atoms with Gasteiger partial charge < -0.3 is 14.5 Å². The maximum Gasteiger partial charge on any atom is 0.287 e. The first-order valence-corrected chi connectivity index (χ1v) is 8.42. The number of furan rings is 1. The van der Waals surface area contributed by atoms with E-state index in [1.807, 2.05) is 30.3 Å². The van der Waals surface area contributed by atoms with Crippen LogP contribution < -0.4 is 10.1 Å². The quantitative estimate of drug-likeness (QED) is 0.679. The maximum atomic E-state index is 12.9. The molecule has 5 heteroatoms. The van der Waals surface area contributed by atoms with Crippen LogP contribution in [0, 0.1) is 5.82 Å². The molecule has 2 aromatic carbocycles. The molecule has 0 radical (unpaired) electrons. The fourth-order valence-corrected chi connectivity index (χ4v) is 2.50. The van der Waals surface area contributed by atoms with Gasteiger partial charge in [-0.1, -0.05) is 37.3 Å². The van der Waals surface area contributed by atoms with Gasteiger partial charge in [0.15, 0.2) is 5.76 Å². The summed E-state index contributed by atoms with van der Waals surface area (Å²) in [5, 5.41) is 2.88. The van der Waals surface area contributed by atoms with Gasteiger partial charge in [-0.25, -0.2) is 4.39 Å². The van der Waals surface area contributed by atoms with Crippen LogP contribution in [-0.2, 0) is 6.61 Å². The van der Waals surface area contributed by atoms with Crippen molar-refractivity contribution in [2.75, 3.05) is 6.54 Å². The van der Waals surface area contributed by atoms with E-state index in [1.54, 1.807) is 12.1 Å². The van der Waals surface area contributed by atoms with Gasteiger partial charge in [-0.2, -0.15) is 0 Å². The highest BCUT2D eigenvalue weighted by Crippen LogP contribution is 2.16. The first kappa shape index (κ1) is 17.7. The van der Waals surface area contributed by atoms with Gasteiger partial charge in [0.05, 0.1) is 0 Å². The fraction of sp³-hybridized carbons (Fsp3) is 0.190. The summed E-state index contributed by atoms with van der Waals surface area (Å²) in [5.41, 5.74) is 1.17. The van der Waals surface area contributed by atoms with E-state index in [4.69, 9.17) is 9.15 Å². The molecule has 0 fully saturated rings.